The molecule has 0 aliphatic heterocycles. The van der Waals surface area contributed by atoms with Crippen LogP contribution in [0.15, 0.2) is 42.5 Å². The number of rotatable bonds is 7. The molecule has 0 aromatic heterocycles. The summed E-state index contributed by atoms with van der Waals surface area (Å²) in [4.78, 5) is 0. The molecule has 0 saturated heterocycles. The van der Waals surface area contributed by atoms with Crippen molar-refractivity contribution in [1.29, 1.82) is 0 Å². The smallest absolute Gasteiger partial charge is 0.161 e. The molecule has 0 amide bonds. The predicted octanol–water partition coefficient (Wildman–Crippen LogP) is 4.04. The highest BCUT2D eigenvalue weighted by Gasteiger charge is 2.05. The predicted molar refractivity (Wildman–Crippen MR) is 86.2 cm³/mol. The average molecular weight is 306 g/mol. The van der Waals surface area contributed by atoms with Crippen molar-refractivity contribution in [3.05, 3.63) is 58.6 Å². The first-order valence-electron chi connectivity index (χ1n) is 6.98. The van der Waals surface area contributed by atoms with Gasteiger partial charge in [0.2, 0.25) is 0 Å². The molecule has 112 valence electrons. The summed E-state index contributed by atoms with van der Waals surface area (Å²) in [6.45, 7) is 4.06. The topological polar surface area (TPSA) is 30.5 Å². The van der Waals surface area contributed by atoms with Gasteiger partial charge in [0.15, 0.2) is 11.5 Å². The Morgan fingerprint density at radius 2 is 1.86 bits per heavy atom. The molecule has 2 rings (SSSR count). The Morgan fingerprint density at radius 1 is 1.05 bits per heavy atom. The standard InChI is InChI=1S/C17H20ClNO2/c1-3-21-17-10-13(8-9-16(17)20-2)11-19-12-14-6-4-5-7-15(14)18/h4-10,19H,3,11-12H2,1-2H3. The third-order valence-corrected chi connectivity index (χ3v) is 3.50. The van der Waals surface area contributed by atoms with E-state index in [1.165, 1.54) is 0 Å². The lowest BCUT2D eigenvalue weighted by atomic mass is 10.2. The highest BCUT2D eigenvalue weighted by Crippen LogP contribution is 2.28. The van der Waals surface area contributed by atoms with E-state index in [9.17, 15) is 0 Å². The Hall–Kier alpha value is -1.71. The van der Waals surface area contributed by atoms with Gasteiger partial charge in [0.05, 0.1) is 13.7 Å². The van der Waals surface area contributed by atoms with Gasteiger partial charge in [-0.15, -0.1) is 0 Å². The number of benzene rings is 2. The summed E-state index contributed by atoms with van der Waals surface area (Å²) in [7, 11) is 1.65. The van der Waals surface area contributed by atoms with Gasteiger partial charge in [0, 0.05) is 18.1 Å². The van der Waals surface area contributed by atoms with Crippen LogP contribution in [0.25, 0.3) is 0 Å². The van der Waals surface area contributed by atoms with Crippen molar-refractivity contribution in [2.75, 3.05) is 13.7 Å². The minimum absolute atomic E-state index is 0.618. The number of ether oxygens (including phenoxy) is 2. The lowest BCUT2D eigenvalue weighted by molar-refractivity contribution is 0.310. The molecular formula is C17H20ClNO2. The van der Waals surface area contributed by atoms with E-state index in [-0.39, 0.29) is 0 Å². The molecular weight excluding hydrogens is 286 g/mol. The molecule has 21 heavy (non-hydrogen) atoms. The zero-order chi connectivity index (χ0) is 15.1. The van der Waals surface area contributed by atoms with Gasteiger partial charge in [0.1, 0.15) is 0 Å². The molecule has 2 aromatic carbocycles. The van der Waals surface area contributed by atoms with Crippen LogP contribution >= 0.6 is 11.6 Å². The molecule has 0 bridgehead atoms. The zero-order valence-electron chi connectivity index (χ0n) is 12.4. The molecule has 0 aliphatic carbocycles. The van der Waals surface area contributed by atoms with Crippen molar-refractivity contribution in [2.45, 2.75) is 20.0 Å². The lowest BCUT2D eigenvalue weighted by Crippen LogP contribution is -2.13. The van der Waals surface area contributed by atoms with E-state index in [2.05, 4.69) is 5.32 Å². The molecule has 0 saturated carbocycles. The highest BCUT2D eigenvalue weighted by molar-refractivity contribution is 6.31. The number of hydrogen-bond donors (Lipinski definition) is 1. The Morgan fingerprint density at radius 3 is 2.57 bits per heavy atom. The van der Waals surface area contributed by atoms with E-state index in [0.717, 1.165) is 40.7 Å². The Labute approximate surface area is 130 Å². The monoisotopic (exact) mass is 305 g/mol. The van der Waals surface area contributed by atoms with Crippen LogP contribution in [0.5, 0.6) is 11.5 Å². The summed E-state index contributed by atoms with van der Waals surface area (Å²) in [5.74, 6) is 1.53. The van der Waals surface area contributed by atoms with Gasteiger partial charge >= 0.3 is 0 Å². The van der Waals surface area contributed by atoms with E-state index in [1.807, 2.05) is 49.4 Å². The lowest BCUT2D eigenvalue weighted by Gasteiger charge is -2.12. The van der Waals surface area contributed by atoms with Crippen LogP contribution in [-0.2, 0) is 13.1 Å². The van der Waals surface area contributed by atoms with Crippen LogP contribution in [0.1, 0.15) is 18.1 Å². The highest BCUT2D eigenvalue weighted by atomic mass is 35.5. The van der Waals surface area contributed by atoms with E-state index in [1.54, 1.807) is 7.11 Å². The third-order valence-electron chi connectivity index (χ3n) is 3.13. The van der Waals surface area contributed by atoms with E-state index in [4.69, 9.17) is 21.1 Å². The SMILES string of the molecule is CCOc1cc(CNCc2ccccc2Cl)ccc1OC. The molecule has 2 aromatic rings. The molecule has 4 heteroatoms. The van der Waals surface area contributed by atoms with E-state index < -0.39 is 0 Å². The number of hydrogen-bond acceptors (Lipinski definition) is 3. The minimum Gasteiger partial charge on any atom is -0.493 e. The maximum atomic E-state index is 6.14. The van der Waals surface area contributed by atoms with E-state index in [0.29, 0.717) is 6.61 Å². The van der Waals surface area contributed by atoms with Crippen LogP contribution in [0.3, 0.4) is 0 Å². The summed E-state index contributed by atoms with van der Waals surface area (Å²) in [5.41, 5.74) is 2.24. The van der Waals surface area contributed by atoms with Crippen LogP contribution in [0.4, 0.5) is 0 Å². The van der Waals surface area contributed by atoms with Gasteiger partial charge < -0.3 is 14.8 Å². The second kappa shape index (κ2) is 7.91. The molecule has 3 nitrogen and oxygen atoms in total. The van der Waals surface area contributed by atoms with Gasteiger partial charge in [-0.2, -0.15) is 0 Å². The summed E-state index contributed by atoms with van der Waals surface area (Å²) >= 11 is 6.14. The van der Waals surface area contributed by atoms with Crippen LogP contribution in [0, 0.1) is 0 Å². The summed E-state index contributed by atoms with van der Waals surface area (Å²) in [5, 5.41) is 4.17. The number of nitrogens with one attached hydrogen (secondary N) is 1. The van der Waals surface area contributed by atoms with Crippen LogP contribution in [-0.4, -0.2) is 13.7 Å². The van der Waals surface area contributed by atoms with E-state index >= 15 is 0 Å². The molecule has 0 atom stereocenters. The Kier molecular flexibility index (Phi) is 5.90. The zero-order valence-corrected chi connectivity index (χ0v) is 13.1. The fourth-order valence-corrected chi connectivity index (χ4v) is 2.29. The van der Waals surface area contributed by atoms with Gasteiger partial charge in [-0.25, -0.2) is 0 Å². The molecule has 0 spiro atoms. The van der Waals surface area contributed by atoms with Gasteiger partial charge in [-0.1, -0.05) is 35.9 Å². The van der Waals surface area contributed by atoms with Crippen molar-refractivity contribution in [3.63, 3.8) is 0 Å². The molecule has 0 heterocycles. The van der Waals surface area contributed by atoms with Crippen molar-refractivity contribution >= 4 is 11.6 Å². The van der Waals surface area contributed by atoms with Crippen molar-refractivity contribution in [1.82, 2.24) is 5.32 Å². The molecule has 0 radical (unpaired) electrons. The van der Waals surface area contributed by atoms with Crippen LogP contribution in [0.2, 0.25) is 5.02 Å². The summed E-state index contributed by atoms with van der Waals surface area (Å²) in [6, 6.07) is 13.8. The largest absolute Gasteiger partial charge is 0.493 e. The fourth-order valence-electron chi connectivity index (χ4n) is 2.08. The normalized spacial score (nSPS) is 10.4. The van der Waals surface area contributed by atoms with Crippen molar-refractivity contribution in [2.24, 2.45) is 0 Å². The summed E-state index contributed by atoms with van der Waals surface area (Å²) in [6.07, 6.45) is 0. The maximum absolute atomic E-state index is 6.14. The quantitative estimate of drug-likeness (QED) is 0.837. The summed E-state index contributed by atoms with van der Waals surface area (Å²) < 4.78 is 10.9. The molecule has 1 N–H and O–H groups in total. The maximum Gasteiger partial charge on any atom is 0.161 e. The fraction of sp³-hybridized carbons (Fsp3) is 0.294. The first-order valence-corrected chi connectivity index (χ1v) is 7.36. The number of methoxy groups -OCH3 is 1. The Balaban J connectivity index is 1.97. The van der Waals surface area contributed by atoms with Gasteiger partial charge in [0.25, 0.3) is 0 Å². The average Bonchev–Trinajstić information content (AvgIpc) is 2.50. The molecule has 0 unspecified atom stereocenters. The van der Waals surface area contributed by atoms with Crippen LogP contribution < -0.4 is 14.8 Å². The third kappa shape index (κ3) is 4.38. The van der Waals surface area contributed by atoms with Crippen molar-refractivity contribution in [3.8, 4) is 11.5 Å². The molecule has 0 aliphatic rings. The molecule has 0 fully saturated rings. The van der Waals surface area contributed by atoms with Gasteiger partial charge in [-0.3, -0.25) is 0 Å². The second-order valence-electron chi connectivity index (χ2n) is 4.61. The Bertz CT molecular complexity index is 587. The minimum atomic E-state index is 0.618. The van der Waals surface area contributed by atoms with Gasteiger partial charge in [-0.05, 0) is 36.2 Å². The first-order chi connectivity index (χ1) is 10.2. The first kappa shape index (κ1) is 15.7. The second-order valence-corrected chi connectivity index (χ2v) is 5.02. The number of halogens is 1. The van der Waals surface area contributed by atoms with Crippen molar-refractivity contribution < 1.29 is 9.47 Å².